The summed E-state index contributed by atoms with van der Waals surface area (Å²) in [7, 11) is -1.96. The van der Waals surface area contributed by atoms with Gasteiger partial charge in [-0.15, -0.1) is 0 Å². The van der Waals surface area contributed by atoms with Crippen molar-refractivity contribution in [1.82, 2.24) is 4.72 Å². The molecule has 1 aromatic carbocycles. The first kappa shape index (κ1) is 19.3. The largest absolute Gasteiger partial charge is 0.396 e. The van der Waals surface area contributed by atoms with Crippen LogP contribution in [0, 0.1) is 5.41 Å². The van der Waals surface area contributed by atoms with E-state index in [0.29, 0.717) is 6.42 Å². The highest BCUT2D eigenvalue weighted by Crippen LogP contribution is 2.41. The van der Waals surface area contributed by atoms with Crippen LogP contribution in [0.5, 0.6) is 0 Å². The van der Waals surface area contributed by atoms with E-state index >= 15 is 0 Å². The van der Waals surface area contributed by atoms with Gasteiger partial charge in [-0.3, -0.25) is 4.79 Å². The Labute approximate surface area is 155 Å². The molecule has 1 saturated carbocycles. The van der Waals surface area contributed by atoms with Gasteiger partial charge in [0.25, 0.3) is 0 Å². The predicted molar refractivity (Wildman–Crippen MR) is 101 cm³/mol. The fourth-order valence-corrected chi connectivity index (χ4v) is 5.27. The number of nitrogens with zero attached hydrogens (tertiary/aromatic N) is 1. The van der Waals surface area contributed by atoms with E-state index in [1.54, 1.807) is 30.1 Å². The van der Waals surface area contributed by atoms with Crippen molar-refractivity contribution in [2.45, 2.75) is 56.3 Å². The zero-order valence-corrected chi connectivity index (χ0v) is 16.5. The van der Waals surface area contributed by atoms with Crippen molar-refractivity contribution in [1.29, 1.82) is 0 Å². The molecule has 6 nitrogen and oxygen atoms in total. The summed E-state index contributed by atoms with van der Waals surface area (Å²) in [4.78, 5) is 13.9. The monoisotopic (exact) mass is 380 g/mol. The van der Waals surface area contributed by atoms with Gasteiger partial charge in [-0.1, -0.05) is 26.7 Å². The number of benzene rings is 1. The minimum atomic E-state index is -3.68. The molecule has 3 rings (SSSR count). The standard InChI is InChI=1S/C19H28N2O4S/c1-18(2)11-17(23)21(3)16-7-6-14(10-15(16)18)26(24,25)20-12-19(13-22)8-4-5-9-19/h6-7,10,20,22H,4-5,8-9,11-13H2,1-3H3. The number of sulfonamides is 1. The van der Waals surface area contributed by atoms with Gasteiger partial charge in [-0.05, 0) is 36.6 Å². The van der Waals surface area contributed by atoms with E-state index in [9.17, 15) is 18.3 Å². The molecule has 0 bridgehead atoms. The van der Waals surface area contributed by atoms with Gasteiger partial charge < -0.3 is 10.0 Å². The van der Waals surface area contributed by atoms with Crippen molar-refractivity contribution >= 4 is 21.6 Å². The van der Waals surface area contributed by atoms with E-state index in [-0.39, 0.29) is 29.4 Å². The maximum Gasteiger partial charge on any atom is 0.240 e. The first-order valence-corrected chi connectivity index (χ1v) is 10.6. The summed E-state index contributed by atoms with van der Waals surface area (Å²) in [6.07, 6.45) is 4.08. The molecule has 1 fully saturated rings. The van der Waals surface area contributed by atoms with Crippen LogP contribution in [-0.4, -0.2) is 39.6 Å². The second-order valence-corrected chi connectivity index (χ2v) is 10.1. The number of fused-ring (bicyclic) bond motifs is 1. The fraction of sp³-hybridized carbons (Fsp3) is 0.632. The third-order valence-corrected chi connectivity index (χ3v) is 7.37. The fourth-order valence-electron chi connectivity index (χ4n) is 4.09. The molecule has 0 unspecified atom stereocenters. The predicted octanol–water partition coefficient (Wildman–Crippen LogP) is 2.16. The number of carbonyl (C=O) groups is 1. The Balaban J connectivity index is 1.88. The number of hydrogen-bond donors (Lipinski definition) is 2. The van der Waals surface area contributed by atoms with Gasteiger partial charge >= 0.3 is 0 Å². The van der Waals surface area contributed by atoms with Crippen molar-refractivity contribution in [2.24, 2.45) is 5.41 Å². The molecule has 144 valence electrons. The first-order chi connectivity index (χ1) is 12.1. The Kier molecular flexibility index (Phi) is 4.92. The van der Waals surface area contributed by atoms with Crippen LogP contribution >= 0.6 is 0 Å². The lowest BCUT2D eigenvalue weighted by atomic mass is 9.77. The summed E-state index contributed by atoms with van der Waals surface area (Å²) in [6.45, 7) is 4.17. The normalized spacial score (nSPS) is 21.7. The molecular formula is C19H28N2O4S. The summed E-state index contributed by atoms with van der Waals surface area (Å²) < 4.78 is 28.3. The number of rotatable bonds is 5. The first-order valence-electron chi connectivity index (χ1n) is 9.12. The highest BCUT2D eigenvalue weighted by Gasteiger charge is 2.37. The number of hydrogen-bond acceptors (Lipinski definition) is 4. The molecule has 7 heteroatoms. The quantitative estimate of drug-likeness (QED) is 0.820. The van der Waals surface area contributed by atoms with Gasteiger partial charge in [0.1, 0.15) is 0 Å². The van der Waals surface area contributed by atoms with Gasteiger partial charge in [-0.2, -0.15) is 0 Å². The highest BCUT2D eigenvalue weighted by atomic mass is 32.2. The van der Waals surface area contributed by atoms with E-state index in [4.69, 9.17) is 0 Å². The van der Waals surface area contributed by atoms with Crippen LogP contribution < -0.4 is 9.62 Å². The molecule has 1 aliphatic carbocycles. The molecule has 1 aromatic rings. The topological polar surface area (TPSA) is 86.7 Å². The number of aliphatic hydroxyl groups is 1. The molecule has 1 aliphatic heterocycles. The highest BCUT2D eigenvalue weighted by molar-refractivity contribution is 7.89. The molecule has 1 heterocycles. The molecule has 26 heavy (non-hydrogen) atoms. The molecule has 0 radical (unpaired) electrons. The summed E-state index contributed by atoms with van der Waals surface area (Å²) >= 11 is 0. The van der Waals surface area contributed by atoms with Crippen molar-refractivity contribution < 1.29 is 18.3 Å². The van der Waals surface area contributed by atoms with Crippen LogP contribution in [0.3, 0.4) is 0 Å². The zero-order chi connectivity index (χ0) is 19.2. The minimum absolute atomic E-state index is 0.000352. The smallest absolute Gasteiger partial charge is 0.240 e. The maximum absolute atomic E-state index is 12.8. The van der Waals surface area contributed by atoms with Gasteiger partial charge in [-0.25, -0.2) is 13.1 Å². The van der Waals surface area contributed by atoms with Gasteiger partial charge in [0.15, 0.2) is 0 Å². The molecule has 0 spiro atoms. The average molecular weight is 381 g/mol. The lowest BCUT2D eigenvalue weighted by Crippen LogP contribution is -2.40. The second-order valence-electron chi connectivity index (χ2n) is 8.38. The third kappa shape index (κ3) is 3.40. The van der Waals surface area contributed by atoms with Crippen molar-refractivity contribution in [3.63, 3.8) is 0 Å². The van der Waals surface area contributed by atoms with E-state index in [1.165, 1.54) is 0 Å². The zero-order valence-electron chi connectivity index (χ0n) is 15.7. The van der Waals surface area contributed by atoms with E-state index in [0.717, 1.165) is 36.9 Å². The Morgan fingerprint density at radius 3 is 2.50 bits per heavy atom. The van der Waals surface area contributed by atoms with E-state index < -0.39 is 15.4 Å². The van der Waals surface area contributed by atoms with E-state index in [2.05, 4.69) is 4.72 Å². The third-order valence-electron chi connectivity index (χ3n) is 5.97. The Hall–Kier alpha value is -1.44. The lowest BCUT2D eigenvalue weighted by molar-refractivity contribution is -0.119. The molecule has 0 aromatic heterocycles. The molecular weight excluding hydrogens is 352 g/mol. The van der Waals surface area contributed by atoms with Crippen LogP contribution in [0.2, 0.25) is 0 Å². The Morgan fingerprint density at radius 1 is 1.23 bits per heavy atom. The summed E-state index contributed by atoms with van der Waals surface area (Å²) in [5.74, 6) is 0.0300. The van der Waals surface area contributed by atoms with Crippen LogP contribution in [0.1, 0.15) is 51.5 Å². The van der Waals surface area contributed by atoms with E-state index in [1.807, 2.05) is 13.8 Å². The summed E-state index contributed by atoms with van der Waals surface area (Å²) in [5.41, 5.74) is 0.864. The molecule has 0 atom stereocenters. The molecule has 2 N–H and O–H groups in total. The summed E-state index contributed by atoms with van der Waals surface area (Å²) in [5, 5.41) is 9.69. The Bertz CT molecular complexity index is 811. The number of amides is 1. The van der Waals surface area contributed by atoms with Crippen molar-refractivity contribution in [2.75, 3.05) is 25.1 Å². The number of nitrogens with one attached hydrogen (secondary N) is 1. The second kappa shape index (κ2) is 6.62. The van der Waals surface area contributed by atoms with Crippen LogP contribution in [0.15, 0.2) is 23.1 Å². The average Bonchev–Trinajstić information content (AvgIpc) is 3.07. The number of carbonyl (C=O) groups excluding carboxylic acids is 1. The van der Waals surface area contributed by atoms with Gasteiger partial charge in [0.05, 0.1) is 4.90 Å². The maximum atomic E-state index is 12.8. The molecule has 2 aliphatic rings. The Morgan fingerprint density at radius 2 is 1.88 bits per heavy atom. The van der Waals surface area contributed by atoms with Crippen molar-refractivity contribution in [3.8, 4) is 0 Å². The molecule has 0 saturated heterocycles. The van der Waals surface area contributed by atoms with Crippen LogP contribution in [0.4, 0.5) is 5.69 Å². The van der Waals surface area contributed by atoms with Crippen LogP contribution in [0.25, 0.3) is 0 Å². The van der Waals surface area contributed by atoms with Gasteiger partial charge in [0, 0.05) is 43.1 Å². The minimum Gasteiger partial charge on any atom is -0.396 e. The number of anilines is 1. The summed E-state index contributed by atoms with van der Waals surface area (Å²) in [6, 6.07) is 4.94. The van der Waals surface area contributed by atoms with Crippen LogP contribution in [-0.2, 0) is 20.2 Å². The number of aliphatic hydroxyl groups excluding tert-OH is 1. The SMILES string of the molecule is CN1C(=O)CC(C)(C)c2cc(S(=O)(=O)NCC3(CO)CCCC3)ccc21. The van der Waals surface area contributed by atoms with Gasteiger partial charge in [0.2, 0.25) is 15.9 Å². The lowest BCUT2D eigenvalue weighted by Gasteiger charge is -2.37. The van der Waals surface area contributed by atoms with Crippen molar-refractivity contribution in [3.05, 3.63) is 23.8 Å². The molecule has 1 amide bonds.